The highest BCUT2D eigenvalue weighted by Gasteiger charge is 2.31. The number of rotatable bonds is 0. The summed E-state index contributed by atoms with van der Waals surface area (Å²) in [6.45, 7) is 0. The topological polar surface area (TPSA) is 0 Å². The third kappa shape index (κ3) is 1.95. The summed E-state index contributed by atoms with van der Waals surface area (Å²) in [4.78, 5) is 1.48. The van der Waals surface area contributed by atoms with E-state index in [1.54, 1.807) is 16.7 Å². The highest BCUT2D eigenvalue weighted by atomic mass is 127. The van der Waals surface area contributed by atoms with Crippen molar-refractivity contribution in [2.75, 3.05) is 0 Å². The van der Waals surface area contributed by atoms with E-state index in [4.69, 9.17) is 0 Å². The minimum absolute atomic E-state index is 0.499. The first kappa shape index (κ1) is 12.3. The van der Waals surface area contributed by atoms with Gasteiger partial charge in [0.05, 0.1) is 3.92 Å². The highest BCUT2D eigenvalue weighted by Crippen LogP contribution is 2.53. The number of aryl methyl sites for hydroxylation is 1. The highest BCUT2D eigenvalue weighted by molar-refractivity contribution is 14.1. The summed E-state index contributed by atoms with van der Waals surface area (Å²) < 4.78 is 0.499. The van der Waals surface area contributed by atoms with Crippen LogP contribution in [0.15, 0.2) is 47.4 Å². The zero-order valence-electron chi connectivity index (χ0n) is 10.6. The smallest absolute Gasteiger partial charge is 0.0622 e. The van der Waals surface area contributed by atoms with Crippen molar-refractivity contribution in [3.63, 3.8) is 0 Å². The molecule has 1 aliphatic heterocycles. The Balaban J connectivity index is 1.98. The van der Waals surface area contributed by atoms with E-state index in [2.05, 4.69) is 76.8 Å². The van der Waals surface area contributed by atoms with Crippen LogP contribution in [-0.4, -0.2) is 0 Å². The maximum Gasteiger partial charge on any atom is 0.0622 e. The average molecular weight is 378 g/mol. The van der Waals surface area contributed by atoms with Crippen LogP contribution in [0.4, 0.5) is 0 Å². The molecule has 0 radical (unpaired) electrons. The lowest BCUT2D eigenvalue weighted by atomic mass is 9.86. The lowest BCUT2D eigenvalue weighted by molar-refractivity contribution is 0.670. The number of hydrogen-bond donors (Lipinski definition) is 0. The number of halogens is 1. The number of hydrogen-bond acceptors (Lipinski definition) is 1. The maximum absolute atomic E-state index is 2.62. The van der Waals surface area contributed by atoms with Crippen LogP contribution in [0, 0.1) is 0 Å². The Morgan fingerprint density at radius 1 is 1.00 bits per heavy atom. The van der Waals surface area contributed by atoms with E-state index in [-0.39, 0.29) is 0 Å². The second-order valence-electron chi connectivity index (χ2n) is 5.32. The monoisotopic (exact) mass is 378 g/mol. The molecular formula is C17H15IS. The predicted octanol–water partition coefficient (Wildman–Crippen LogP) is 5.69. The van der Waals surface area contributed by atoms with E-state index in [1.165, 1.54) is 29.7 Å². The Kier molecular flexibility index (Phi) is 3.11. The van der Waals surface area contributed by atoms with Crippen LogP contribution in [0.3, 0.4) is 0 Å². The number of thioether (sulfide) groups is 1. The fourth-order valence-electron chi connectivity index (χ4n) is 3.32. The summed E-state index contributed by atoms with van der Waals surface area (Å²) in [6, 6.07) is 15.9. The molecular weight excluding hydrogens is 363 g/mol. The van der Waals surface area contributed by atoms with Gasteiger partial charge in [-0.1, -0.05) is 59.0 Å². The third-order valence-corrected chi connectivity index (χ3v) is 6.92. The van der Waals surface area contributed by atoms with Gasteiger partial charge in [0.15, 0.2) is 0 Å². The summed E-state index contributed by atoms with van der Waals surface area (Å²) in [5.41, 5.74) is 6.29. The molecule has 19 heavy (non-hydrogen) atoms. The first-order valence-electron chi connectivity index (χ1n) is 6.86. The minimum Gasteiger partial charge on any atom is -0.118 e. The lowest BCUT2D eigenvalue weighted by Crippen LogP contribution is -2.09. The van der Waals surface area contributed by atoms with Crippen LogP contribution in [0.5, 0.6) is 0 Å². The fraction of sp³-hybridized carbons (Fsp3) is 0.294. The molecule has 0 spiro atoms. The molecule has 2 aromatic rings. The van der Waals surface area contributed by atoms with Crippen molar-refractivity contribution >= 4 is 34.4 Å². The van der Waals surface area contributed by atoms with Gasteiger partial charge in [-0.3, -0.25) is 0 Å². The zero-order chi connectivity index (χ0) is 12.8. The largest absolute Gasteiger partial charge is 0.118 e. The molecule has 1 aliphatic carbocycles. The summed E-state index contributed by atoms with van der Waals surface area (Å²) in [7, 11) is 0. The van der Waals surface area contributed by atoms with Gasteiger partial charge >= 0.3 is 0 Å². The molecule has 2 atom stereocenters. The van der Waals surface area contributed by atoms with Crippen LogP contribution in [0.1, 0.15) is 44.3 Å². The Morgan fingerprint density at radius 2 is 1.84 bits per heavy atom. The third-order valence-electron chi connectivity index (χ3n) is 4.20. The summed E-state index contributed by atoms with van der Waals surface area (Å²) in [5, 5.41) is 0.667. The van der Waals surface area contributed by atoms with Crippen LogP contribution in [-0.2, 0) is 6.42 Å². The van der Waals surface area contributed by atoms with Crippen molar-refractivity contribution in [2.45, 2.75) is 33.3 Å². The van der Waals surface area contributed by atoms with Crippen LogP contribution in [0.2, 0.25) is 0 Å². The van der Waals surface area contributed by atoms with Gasteiger partial charge in [-0.05, 0) is 47.6 Å². The van der Waals surface area contributed by atoms with Gasteiger partial charge in [-0.15, -0.1) is 11.8 Å². The van der Waals surface area contributed by atoms with E-state index in [0.717, 1.165) is 0 Å². The van der Waals surface area contributed by atoms with Gasteiger partial charge in [-0.25, -0.2) is 0 Å². The van der Waals surface area contributed by atoms with Crippen molar-refractivity contribution in [1.82, 2.24) is 0 Å². The van der Waals surface area contributed by atoms with E-state index < -0.39 is 0 Å². The summed E-state index contributed by atoms with van der Waals surface area (Å²) in [6.07, 6.45) is 3.93. The standard InChI is InChI=1S/C17H15IS/c18-17-12-7-1-2-9-14(12)19-15-10-4-6-11-5-3-8-13(17)16(11)15/h1-3,5,7-9,15,17H,4,6,10H2. The Hall–Kier alpha value is -0.480. The minimum atomic E-state index is 0.499. The first-order chi connectivity index (χ1) is 9.34. The molecule has 1 heterocycles. The van der Waals surface area contributed by atoms with Crippen molar-refractivity contribution in [1.29, 1.82) is 0 Å². The normalized spacial score (nSPS) is 24.3. The summed E-state index contributed by atoms with van der Waals surface area (Å²) >= 11 is 4.70. The second kappa shape index (κ2) is 4.81. The number of benzene rings is 2. The van der Waals surface area contributed by atoms with Gasteiger partial charge in [0.2, 0.25) is 0 Å². The first-order valence-corrected chi connectivity index (χ1v) is 8.98. The van der Waals surface area contributed by atoms with Gasteiger partial charge in [0.25, 0.3) is 0 Å². The number of fused-ring (bicyclic) bond motifs is 1. The fourth-order valence-corrected chi connectivity index (χ4v) is 6.10. The quantitative estimate of drug-likeness (QED) is 0.419. The van der Waals surface area contributed by atoms with Gasteiger partial charge in [-0.2, -0.15) is 0 Å². The molecule has 0 aromatic heterocycles. The van der Waals surface area contributed by atoms with Gasteiger partial charge in [0, 0.05) is 10.1 Å². The van der Waals surface area contributed by atoms with Crippen LogP contribution < -0.4 is 0 Å². The van der Waals surface area contributed by atoms with Crippen molar-refractivity contribution in [3.8, 4) is 0 Å². The van der Waals surface area contributed by atoms with Gasteiger partial charge < -0.3 is 0 Å². The molecule has 2 heteroatoms. The van der Waals surface area contributed by atoms with Gasteiger partial charge in [0.1, 0.15) is 0 Å². The molecule has 0 saturated heterocycles. The van der Waals surface area contributed by atoms with Crippen molar-refractivity contribution in [3.05, 3.63) is 64.7 Å². The molecule has 0 nitrogen and oxygen atoms in total. The lowest BCUT2D eigenvalue weighted by Gasteiger charge is -2.26. The van der Waals surface area contributed by atoms with E-state index in [1.807, 2.05) is 0 Å². The van der Waals surface area contributed by atoms with E-state index >= 15 is 0 Å². The molecule has 0 fully saturated rings. The predicted molar refractivity (Wildman–Crippen MR) is 90.3 cm³/mol. The molecule has 2 aliphatic rings. The molecule has 0 amide bonds. The second-order valence-corrected chi connectivity index (χ2v) is 7.81. The van der Waals surface area contributed by atoms with Crippen molar-refractivity contribution < 1.29 is 0 Å². The Bertz CT molecular complexity index is 635. The molecule has 2 unspecified atom stereocenters. The molecule has 2 aromatic carbocycles. The molecule has 0 N–H and O–H groups in total. The molecule has 4 rings (SSSR count). The van der Waals surface area contributed by atoms with E-state index in [9.17, 15) is 0 Å². The Labute approximate surface area is 132 Å². The average Bonchev–Trinajstić information content (AvgIpc) is 2.58. The van der Waals surface area contributed by atoms with Crippen molar-refractivity contribution in [2.24, 2.45) is 0 Å². The van der Waals surface area contributed by atoms with Crippen LogP contribution in [0.25, 0.3) is 0 Å². The SMILES string of the molecule is IC1c2ccccc2SC2CCCc3cccc1c32. The molecule has 96 valence electrons. The zero-order valence-corrected chi connectivity index (χ0v) is 13.6. The maximum atomic E-state index is 2.62. The van der Waals surface area contributed by atoms with E-state index in [0.29, 0.717) is 9.17 Å². The number of alkyl halides is 1. The summed E-state index contributed by atoms with van der Waals surface area (Å²) in [5.74, 6) is 0. The Morgan fingerprint density at radius 3 is 2.79 bits per heavy atom. The molecule has 0 saturated carbocycles. The molecule has 0 bridgehead atoms. The van der Waals surface area contributed by atoms with Crippen LogP contribution >= 0.6 is 34.4 Å².